The number of anilines is 1. The van der Waals surface area contributed by atoms with Gasteiger partial charge in [0.05, 0.1) is 0 Å². The molecule has 4 rings (SSSR count). The van der Waals surface area contributed by atoms with E-state index in [1.54, 1.807) is 0 Å². The molecule has 0 saturated heterocycles. The second-order valence-electron chi connectivity index (χ2n) is 6.18. The third kappa shape index (κ3) is 3.39. The van der Waals surface area contributed by atoms with E-state index >= 15 is 0 Å². The van der Waals surface area contributed by atoms with Crippen molar-refractivity contribution in [1.82, 2.24) is 5.32 Å². The number of nitrogens with zero attached hydrogens (tertiary/aromatic N) is 1. The third-order valence-electron chi connectivity index (χ3n) is 4.47. The maximum Gasteiger partial charge on any atom is 0.264 e. The molecule has 1 aliphatic heterocycles. The fourth-order valence-electron chi connectivity index (χ4n) is 3.18. The minimum atomic E-state index is -0.257. The van der Waals surface area contributed by atoms with Crippen molar-refractivity contribution in [3.63, 3.8) is 0 Å². The van der Waals surface area contributed by atoms with Crippen molar-refractivity contribution in [2.45, 2.75) is 6.42 Å². The highest BCUT2D eigenvalue weighted by molar-refractivity contribution is 7.80. The number of rotatable bonds is 3. The number of fused-ring (bicyclic) bond motifs is 2. The Kier molecular flexibility index (Phi) is 4.54. The number of carbonyl (C=O) groups excluding carboxylic acids is 1. The van der Waals surface area contributed by atoms with Crippen LogP contribution in [0.3, 0.4) is 0 Å². The van der Waals surface area contributed by atoms with Crippen LogP contribution < -0.4 is 15.0 Å². The van der Waals surface area contributed by atoms with Crippen molar-refractivity contribution in [1.29, 1.82) is 0 Å². The van der Waals surface area contributed by atoms with Gasteiger partial charge in [0.2, 0.25) is 0 Å². The zero-order valence-corrected chi connectivity index (χ0v) is 15.0. The lowest BCUT2D eigenvalue weighted by Gasteiger charge is -2.20. The fourth-order valence-corrected chi connectivity index (χ4v) is 3.48. The lowest BCUT2D eigenvalue weighted by atomic mass is 10.1. The van der Waals surface area contributed by atoms with Crippen LogP contribution in [0.25, 0.3) is 10.8 Å². The topological polar surface area (TPSA) is 41.6 Å². The molecule has 1 heterocycles. The standard InChI is InChI=1S/C21H18N2O2S/c24-20(14-25-18-10-9-15-5-1-2-7-17(15)13-18)22-21(26)23-12-11-16-6-3-4-8-19(16)23/h1-10,13H,11-12,14H2,(H,22,24,26). The molecule has 3 aromatic rings. The normalized spacial score (nSPS) is 12.7. The summed E-state index contributed by atoms with van der Waals surface area (Å²) in [6, 6.07) is 21.9. The van der Waals surface area contributed by atoms with Gasteiger partial charge in [-0.15, -0.1) is 0 Å². The summed E-state index contributed by atoms with van der Waals surface area (Å²) < 4.78 is 5.62. The molecule has 0 saturated carbocycles. The summed E-state index contributed by atoms with van der Waals surface area (Å²) in [7, 11) is 0. The predicted molar refractivity (Wildman–Crippen MR) is 108 cm³/mol. The number of hydrogen-bond acceptors (Lipinski definition) is 3. The summed E-state index contributed by atoms with van der Waals surface area (Å²) in [6.45, 7) is 0.706. The first-order chi connectivity index (χ1) is 12.7. The Morgan fingerprint density at radius 1 is 1.04 bits per heavy atom. The van der Waals surface area contributed by atoms with Crippen LogP contribution in [0.2, 0.25) is 0 Å². The smallest absolute Gasteiger partial charge is 0.264 e. The third-order valence-corrected chi connectivity index (χ3v) is 4.79. The number of thiocarbonyl (C=S) groups is 1. The number of nitrogens with one attached hydrogen (secondary N) is 1. The number of carbonyl (C=O) groups is 1. The monoisotopic (exact) mass is 362 g/mol. The first-order valence-corrected chi connectivity index (χ1v) is 8.92. The second kappa shape index (κ2) is 7.14. The number of ether oxygens (including phenoxy) is 1. The SMILES string of the molecule is O=C(COc1ccc2ccccc2c1)NC(=S)N1CCc2ccccc21. The van der Waals surface area contributed by atoms with E-state index in [-0.39, 0.29) is 12.5 Å². The lowest BCUT2D eigenvalue weighted by molar-refractivity contribution is -0.121. The summed E-state index contributed by atoms with van der Waals surface area (Å²) in [6.07, 6.45) is 0.930. The van der Waals surface area contributed by atoms with Crippen LogP contribution in [0.5, 0.6) is 5.75 Å². The largest absolute Gasteiger partial charge is 0.484 e. The molecule has 3 aromatic carbocycles. The highest BCUT2D eigenvalue weighted by Crippen LogP contribution is 2.27. The summed E-state index contributed by atoms with van der Waals surface area (Å²) in [5, 5.41) is 5.40. The van der Waals surface area contributed by atoms with Gasteiger partial charge >= 0.3 is 0 Å². The molecule has 0 aliphatic carbocycles. The zero-order valence-electron chi connectivity index (χ0n) is 14.1. The predicted octanol–water partition coefficient (Wildman–Crippen LogP) is 3.68. The second-order valence-corrected chi connectivity index (χ2v) is 6.57. The van der Waals surface area contributed by atoms with Gasteiger partial charge in [-0.25, -0.2) is 0 Å². The van der Waals surface area contributed by atoms with E-state index in [1.165, 1.54) is 5.56 Å². The van der Waals surface area contributed by atoms with Crippen molar-refractivity contribution in [2.75, 3.05) is 18.1 Å². The van der Waals surface area contributed by atoms with Crippen LogP contribution in [0.4, 0.5) is 5.69 Å². The Hall–Kier alpha value is -2.92. The molecule has 0 fully saturated rings. The van der Waals surface area contributed by atoms with Crippen LogP contribution in [0, 0.1) is 0 Å². The van der Waals surface area contributed by atoms with Crippen LogP contribution >= 0.6 is 12.2 Å². The van der Waals surface area contributed by atoms with Gasteiger partial charge < -0.3 is 9.64 Å². The van der Waals surface area contributed by atoms with Crippen LogP contribution in [-0.2, 0) is 11.2 Å². The summed E-state index contributed by atoms with van der Waals surface area (Å²) >= 11 is 5.40. The van der Waals surface area contributed by atoms with E-state index < -0.39 is 0 Å². The molecule has 1 amide bonds. The molecule has 1 N–H and O–H groups in total. The average molecular weight is 362 g/mol. The van der Waals surface area contributed by atoms with Gasteiger partial charge in [0.1, 0.15) is 5.75 Å². The molecule has 0 spiro atoms. The van der Waals surface area contributed by atoms with Crippen molar-refractivity contribution >= 4 is 39.7 Å². The molecule has 1 aliphatic rings. The van der Waals surface area contributed by atoms with Crippen molar-refractivity contribution in [3.8, 4) is 5.75 Å². The summed E-state index contributed by atoms with van der Waals surface area (Å²) in [5.41, 5.74) is 2.31. The van der Waals surface area contributed by atoms with Crippen molar-refractivity contribution in [2.24, 2.45) is 0 Å². The molecule has 0 radical (unpaired) electrons. The number of para-hydroxylation sites is 1. The van der Waals surface area contributed by atoms with E-state index in [2.05, 4.69) is 11.4 Å². The van der Waals surface area contributed by atoms with E-state index in [4.69, 9.17) is 17.0 Å². The number of benzene rings is 3. The highest BCUT2D eigenvalue weighted by Gasteiger charge is 2.22. The van der Waals surface area contributed by atoms with E-state index in [9.17, 15) is 4.79 Å². The van der Waals surface area contributed by atoms with Crippen LogP contribution in [-0.4, -0.2) is 24.2 Å². The van der Waals surface area contributed by atoms with Gasteiger partial charge in [-0.3, -0.25) is 10.1 Å². The zero-order chi connectivity index (χ0) is 17.9. The number of amides is 1. The Balaban J connectivity index is 1.36. The Bertz CT molecular complexity index is 986. The first kappa shape index (κ1) is 16.5. The molecule has 4 nitrogen and oxygen atoms in total. The van der Waals surface area contributed by atoms with E-state index in [0.717, 1.165) is 29.4 Å². The first-order valence-electron chi connectivity index (χ1n) is 8.51. The molecule has 0 bridgehead atoms. The summed E-state index contributed by atoms with van der Waals surface area (Å²) in [5.74, 6) is 0.406. The molecular weight excluding hydrogens is 344 g/mol. The average Bonchev–Trinajstić information content (AvgIpc) is 3.10. The Labute approximate surface area is 157 Å². The van der Waals surface area contributed by atoms with E-state index in [0.29, 0.717) is 10.9 Å². The van der Waals surface area contributed by atoms with Gasteiger partial charge in [0.25, 0.3) is 5.91 Å². The Morgan fingerprint density at radius 3 is 2.69 bits per heavy atom. The van der Waals surface area contributed by atoms with Gasteiger partial charge in [0, 0.05) is 12.2 Å². The maximum atomic E-state index is 12.2. The lowest BCUT2D eigenvalue weighted by Crippen LogP contribution is -2.43. The van der Waals surface area contributed by atoms with Gasteiger partial charge in [-0.2, -0.15) is 0 Å². The molecule has 5 heteroatoms. The molecule has 0 atom stereocenters. The van der Waals surface area contributed by atoms with Crippen molar-refractivity contribution < 1.29 is 9.53 Å². The van der Waals surface area contributed by atoms with Gasteiger partial charge in [-0.05, 0) is 53.2 Å². The Morgan fingerprint density at radius 2 is 1.81 bits per heavy atom. The fraction of sp³-hybridized carbons (Fsp3) is 0.143. The maximum absolute atomic E-state index is 12.2. The quantitative estimate of drug-likeness (QED) is 0.722. The molecule has 0 aromatic heterocycles. The van der Waals surface area contributed by atoms with E-state index in [1.807, 2.05) is 65.6 Å². The minimum Gasteiger partial charge on any atom is -0.484 e. The highest BCUT2D eigenvalue weighted by atomic mass is 32.1. The van der Waals surface area contributed by atoms with Crippen LogP contribution in [0.15, 0.2) is 66.7 Å². The van der Waals surface area contributed by atoms with Crippen LogP contribution in [0.1, 0.15) is 5.56 Å². The molecular formula is C21H18N2O2S. The number of hydrogen-bond donors (Lipinski definition) is 1. The van der Waals surface area contributed by atoms with Gasteiger partial charge in [-0.1, -0.05) is 48.5 Å². The molecule has 130 valence electrons. The molecule has 0 unspecified atom stereocenters. The molecule has 26 heavy (non-hydrogen) atoms. The minimum absolute atomic E-state index is 0.0754. The summed E-state index contributed by atoms with van der Waals surface area (Å²) in [4.78, 5) is 14.2. The van der Waals surface area contributed by atoms with Crippen molar-refractivity contribution in [3.05, 3.63) is 72.3 Å². The van der Waals surface area contributed by atoms with Gasteiger partial charge in [0.15, 0.2) is 11.7 Å².